The number of sulfonamides is 1. The molecule has 2 aromatic carbocycles. The zero-order chi connectivity index (χ0) is 21.0. The van der Waals surface area contributed by atoms with Crippen molar-refractivity contribution in [3.05, 3.63) is 75.8 Å². The van der Waals surface area contributed by atoms with Gasteiger partial charge in [0.1, 0.15) is 0 Å². The first kappa shape index (κ1) is 20.9. The largest absolute Gasteiger partial charge is 0.345 e. The van der Waals surface area contributed by atoms with E-state index in [4.69, 9.17) is 12.2 Å². The van der Waals surface area contributed by atoms with Crippen molar-refractivity contribution < 1.29 is 13.2 Å². The lowest BCUT2D eigenvalue weighted by molar-refractivity contribution is 0.0948. The van der Waals surface area contributed by atoms with Gasteiger partial charge in [-0.25, -0.2) is 13.1 Å². The molecule has 152 valence electrons. The second-order valence-corrected chi connectivity index (χ2v) is 8.63. The van der Waals surface area contributed by atoms with Crippen molar-refractivity contribution in [3.8, 4) is 0 Å². The second kappa shape index (κ2) is 8.68. The first-order chi connectivity index (χ1) is 13.8. The molecule has 0 aliphatic heterocycles. The molecule has 1 amide bonds. The number of aromatic amines is 1. The second-order valence-electron chi connectivity index (χ2n) is 6.47. The number of H-pyrrole nitrogens is 1. The molecule has 0 unspecified atom stereocenters. The third-order valence-corrected chi connectivity index (χ3v) is 6.22. The fourth-order valence-electron chi connectivity index (χ4n) is 2.66. The van der Waals surface area contributed by atoms with Crippen LogP contribution >= 0.6 is 12.2 Å². The molecule has 0 aliphatic carbocycles. The minimum absolute atomic E-state index is 0.0300. The van der Waals surface area contributed by atoms with E-state index < -0.39 is 15.9 Å². The molecular weight excluding hydrogens is 410 g/mol. The normalized spacial score (nSPS) is 11.4. The highest BCUT2D eigenvalue weighted by Gasteiger charge is 2.18. The smallest absolute Gasteiger partial charge is 0.251 e. The Balaban J connectivity index is 1.75. The van der Waals surface area contributed by atoms with Crippen molar-refractivity contribution >= 4 is 28.1 Å². The summed E-state index contributed by atoms with van der Waals surface area (Å²) in [4.78, 5) is 12.6. The van der Waals surface area contributed by atoms with E-state index in [1.807, 2.05) is 30.3 Å². The van der Waals surface area contributed by atoms with Gasteiger partial charge in [0, 0.05) is 19.2 Å². The molecular formula is C19H21N5O3S2. The Kier molecular flexibility index (Phi) is 6.26. The number of nitrogens with zero attached hydrogens (tertiary/aromatic N) is 2. The summed E-state index contributed by atoms with van der Waals surface area (Å²) in [6, 6.07) is 13.7. The molecule has 0 fully saturated rings. The Morgan fingerprint density at radius 3 is 2.55 bits per heavy atom. The van der Waals surface area contributed by atoms with Crippen LogP contribution < -0.4 is 10.0 Å². The van der Waals surface area contributed by atoms with Crippen LogP contribution in [0, 0.1) is 11.7 Å². The number of rotatable bonds is 7. The van der Waals surface area contributed by atoms with Gasteiger partial charge in [0.25, 0.3) is 5.91 Å². The molecule has 10 heteroatoms. The highest BCUT2D eigenvalue weighted by Crippen LogP contribution is 2.16. The number of aryl methyl sites for hydroxylation is 1. The predicted octanol–water partition coefficient (Wildman–Crippen LogP) is 2.19. The molecule has 3 aromatic rings. The standard InChI is InChI=1S/C19H21N5O3S2/c1-13-8-9-15(29(26,27)21-11-14-6-4-3-5-7-14)10-16(13)18(25)20-12-17-22-23-19(28)24(17)2/h3-10,21H,11-12H2,1-2H3,(H,20,25)(H,23,28). The summed E-state index contributed by atoms with van der Waals surface area (Å²) in [6.07, 6.45) is 0. The number of hydrogen-bond acceptors (Lipinski definition) is 5. The van der Waals surface area contributed by atoms with Gasteiger partial charge >= 0.3 is 0 Å². The van der Waals surface area contributed by atoms with Crippen molar-refractivity contribution in [2.24, 2.45) is 7.05 Å². The topological polar surface area (TPSA) is 109 Å². The number of carbonyl (C=O) groups is 1. The lowest BCUT2D eigenvalue weighted by Gasteiger charge is -2.11. The molecule has 0 spiro atoms. The van der Waals surface area contributed by atoms with Crippen LogP contribution in [0.2, 0.25) is 0 Å². The predicted molar refractivity (Wildman–Crippen MR) is 111 cm³/mol. The molecule has 3 rings (SSSR count). The molecule has 3 N–H and O–H groups in total. The average molecular weight is 432 g/mol. The average Bonchev–Trinajstić information content (AvgIpc) is 3.03. The maximum Gasteiger partial charge on any atom is 0.251 e. The monoisotopic (exact) mass is 431 g/mol. The van der Waals surface area contributed by atoms with E-state index in [0.717, 1.165) is 5.56 Å². The molecule has 0 bridgehead atoms. The summed E-state index contributed by atoms with van der Waals surface area (Å²) in [5.41, 5.74) is 1.79. The maximum absolute atomic E-state index is 12.6. The maximum atomic E-state index is 12.6. The van der Waals surface area contributed by atoms with E-state index in [-0.39, 0.29) is 23.5 Å². The van der Waals surface area contributed by atoms with E-state index in [1.165, 1.54) is 12.1 Å². The Bertz CT molecular complexity index is 1180. The first-order valence-corrected chi connectivity index (χ1v) is 10.7. The molecule has 0 radical (unpaired) electrons. The van der Waals surface area contributed by atoms with Crippen LogP contribution in [0.5, 0.6) is 0 Å². The number of benzene rings is 2. The van der Waals surface area contributed by atoms with Gasteiger partial charge < -0.3 is 9.88 Å². The third-order valence-electron chi connectivity index (χ3n) is 4.45. The van der Waals surface area contributed by atoms with Crippen molar-refractivity contribution in [2.45, 2.75) is 24.9 Å². The molecule has 8 nitrogen and oxygen atoms in total. The molecule has 29 heavy (non-hydrogen) atoms. The lowest BCUT2D eigenvalue weighted by Crippen LogP contribution is -2.27. The molecule has 1 aromatic heterocycles. The van der Waals surface area contributed by atoms with Crippen LogP contribution in [0.1, 0.15) is 27.3 Å². The van der Waals surface area contributed by atoms with Crippen LogP contribution in [0.3, 0.4) is 0 Å². The zero-order valence-electron chi connectivity index (χ0n) is 16.0. The quantitative estimate of drug-likeness (QED) is 0.497. The van der Waals surface area contributed by atoms with Crippen molar-refractivity contribution in [3.63, 3.8) is 0 Å². The molecule has 1 heterocycles. The number of amides is 1. The SMILES string of the molecule is Cc1ccc(S(=O)(=O)NCc2ccccc2)cc1C(=O)NCc1n[nH]c(=S)n1C. The third kappa shape index (κ3) is 4.97. The lowest BCUT2D eigenvalue weighted by atomic mass is 10.1. The number of carbonyl (C=O) groups excluding carboxylic acids is 1. The highest BCUT2D eigenvalue weighted by molar-refractivity contribution is 7.89. The van der Waals surface area contributed by atoms with Crippen molar-refractivity contribution in [1.82, 2.24) is 24.8 Å². The minimum atomic E-state index is -3.77. The van der Waals surface area contributed by atoms with Gasteiger partial charge in [-0.15, -0.1) is 0 Å². The van der Waals surface area contributed by atoms with Gasteiger partial charge in [-0.05, 0) is 42.4 Å². The Morgan fingerprint density at radius 2 is 1.90 bits per heavy atom. The Labute approximate surface area is 174 Å². The Hall–Kier alpha value is -2.82. The summed E-state index contributed by atoms with van der Waals surface area (Å²) in [6.45, 7) is 2.07. The van der Waals surface area contributed by atoms with Crippen LogP contribution in [-0.4, -0.2) is 29.1 Å². The Morgan fingerprint density at radius 1 is 1.17 bits per heavy atom. The van der Waals surface area contributed by atoms with E-state index in [0.29, 0.717) is 16.2 Å². The van der Waals surface area contributed by atoms with Crippen molar-refractivity contribution in [1.29, 1.82) is 0 Å². The van der Waals surface area contributed by atoms with E-state index >= 15 is 0 Å². The summed E-state index contributed by atoms with van der Waals surface area (Å²) in [7, 11) is -2.03. The molecule has 0 saturated carbocycles. The van der Waals surface area contributed by atoms with Gasteiger partial charge in [0.2, 0.25) is 10.0 Å². The summed E-state index contributed by atoms with van der Waals surface area (Å²) in [5, 5.41) is 9.43. The summed E-state index contributed by atoms with van der Waals surface area (Å²) in [5.74, 6) is 0.172. The van der Waals surface area contributed by atoms with Crippen molar-refractivity contribution in [2.75, 3.05) is 0 Å². The minimum Gasteiger partial charge on any atom is -0.345 e. The zero-order valence-corrected chi connectivity index (χ0v) is 17.6. The van der Waals surface area contributed by atoms with Crippen LogP contribution in [0.15, 0.2) is 53.4 Å². The summed E-state index contributed by atoms with van der Waals surface area (Å²) >= 11 is 5.04. The van der Waals surface area contributed by atoms with Crippen LogP contribution in [0.25, 0.3) is 0 Å². The van der Waals surface area contributed by atoms with Gasteiger partial charge in [-0.2, -0.15) is 5.10 Å². The van der Waals surface area contributed by atoms with Crippen LogP contribution in [0.4, 0.5) is 0 Å². The van der Waals surface area contributed by atoms with E-state index in [2.05, 4.69) is 20.2 Å². The highest BCUT2D eigenvalue weighted by atomic mass is 32.2. The van der Waals surface area contributed by atoms with E-state index in [9.17, 15) is 13.2 Å². The number of nitrogens with one attached hydrogen (secondary N) is 3. The van der Waals surface area contributed by atoms with Gasteiger partial charge in [0.05, 0.1) is 11.4 Å². The first-order valence-electron chi connectivity index (χ1n) is 8.80. The fraction of sp³-hybridized carbons (Fsp3) is 0.211. The van der Waals surface area contributed by atoms with Gasteiger partial charge in [-0.3, -0.25) is 9.89 Å². The number of aromatic nitrogens is 3. The van der Waals surface area contributed by atoms with Crippen LogP contribution in [-0.2, 0) is 30.2 Å². The van der Waals surface area contributed by atoms with Gasteiger partial charge in [0.15, 0.2) is 10.6 Å². The molecule has 0 atom stereocenters. The fourth-order valence-corrected chi connectivity index (χ4v) is 3.86. The molecule has 0 saturated heterocycles. The number of hydrogen-bond donors (Lipinski definition) is 3. The van der Waals surface area contributed by atoms with E-state index in [1.54, 1.807) is 24.6 Å². The molecule has 0 aliphatic rings. The summed E-state index contributed by atoms with van der Waals surface area (Å²) < 4.78 is 29.9. The van der Waals surface area contributed by atoms with Gasteiger partial charge in [-0.1, -0.05) is 36.4 Å².